The molecule has 4 nitrogen and oxygen atoms in total. The first-order valence-electron chi connectivity index (χ1n) is 4.52. The van der Waals surface area contributed by atoms with Crippen LogP contribution in [0.25, 0.3) is 0 Å². The van der Waals surface area contributed by atoms with Gasteiger partial charge in [0.2, 0.25) is 0 Å². The van der Waals surface area contributed by atoms with Crippen molar-refractivity contribution < 1.29 is 9.53 Å². The van der Waals surface area contributed by atoms with Gasteiger partial charge in [0.15, 0.2) is 11.4 Å². The second-order valence-corrected chi connectivity index (χ2v) is 4.35. The molecule has 0 spiro atoms. The summed E-state index contributed by atoms with van der Waals surface area (Å²) in [7, 11) is 0. The summed E-state index contributed by atoms with van der Waals surface area (Å²) in [6.07, 6.45) is 0.624. The van der Waals surface area contributed by atoms with Gasteiger partial charge in [0.05, 0.1) is 11.6 Å². The molecule has 0 aliphatic rings. The van der Waals surface area contributed by atoms with Gasteiger partial charge in [-0.15, -0.1) is 0 Å². The molecule has 0 bridgehead atoms. The molecule has 0 amide bonds. The molecule has 0 unspecified atom stereocenters. The highest BCUT2D eigenvalue weighted by Crippen LogP contribution is 2.30. The van der Waals surface area contributed by atoms with Crippen molar-refractivity contribution in [3.63, 3.8) is 0 Å². The van der Waals surface area contributed by atoms with E-state index in [4.69, 9.17) is 21.6 Å². The van der Waals surface area contributed by atoms with Crippen LogP contribution in [0.1, 0.15) is 15.2 Å². The van der Waals surface area contributed by atoms with Crippen LogP contribution in [-0.4, -0.2) is 11.3 Å². The third-order valence-electron chi connectivity index (χ3n) is 1.87. The molecule has 1 aromatic heterocycles. The van der Waals surface area contributed by atoms with Crippen LogP contribution >= 0.6 is 22.9 Å². The maximum atomic E-state index is 10.6. The number of rotatable bonds is 3. The van der Waals surface area contributed by atoms with E-state index in [-0.39, 0.29) is 10.3 Å². The first-order valence-corrected chi connectivity index (χ1v) is 5.72. The van der Waals surface area contributed by atoms with E-state index >= 15 is 0 Å². The fourth-order valence-corrected chi connectivity index (χ4v) is 2.07. The number of aldehydes is 1. The number of halogens is 1. The molecule has 1 aromatic carbocycles. The van der Waals surface area contributed by atoms with Gasteiger partial charge in [0.25, 0.3) is 5.19 Å². The second kappa shape index (κ2) is 4.95. The molecule has 0 radical (unpaired) electrons. The van der Waals surface area contributed by atoms with Crippen LogP contribution in [0.3, 0.4) is 0 Å². The van der Waals surface area contributed by atoms with Gasteiger partial charge in [0.1, 0.15) is 10.6 Å². The summed E-state index contributed by atoms with van der Waals surface area (Å²) in [5, 5.41) is 9.12. The zero-order chi connectivity index (χ0) is 12.3. The second-order valence-electron chi connectivity index (χ2n) is 2.99. The van der Waals surface area contributed by atoms with Gasteiger partial charge in [-0.3, -0.25) is 4.79 Å². The number of thiazole rings is 1. The topological polar surface area (TPSA) is 63.0 Å². The number of carbonyl (C=O) groups excluding carboxylic acids is 1. The first kappa shape index (κ1) is 11.6. The fraction of sp³-hybridized carbons (Fsp3) is 0. The number of carbonyl (C=O) groups is 1. The van der Waals surface area contributed by atoms with E-state index in [1.54, 1.807) is 24.3 Å². The quantitative estimate of drug-likeness (QED) is 0.798. The van der Waals surface area contributed by atoms with Crippen LogP contribution in [-0.2, 0) is 0 Å². The van der Waals surface area contributed by atoms with E-state index < -0.39 is 0 Å². The highest BCUT2D eigenvalue weighted by Gasteiger charge is 2.10. The van der Waals surface area contributed by atoms with Crippen LogP contribution in [0.4, 0.5) is 0 Å². The van der Waals surface area contributed by atoms with Gasteiger partial charge in [0, 0.05) is 0 Å². The molecule has 0 atom stereocenters. The third kappa shape index (κ3) is 2.61. The van der Waals surface area contributed by atoms with Crippen LogP contribution in [0.2, 0.25) is 5.15 Å². The Kier molecular flexibility index (Phi) is 3.38. The van der Waals surface area contributed by atoms with Crippen molar-refractivity contribution in [1.29, 1.82) is 5.26 Å². The summed E-state index contributed by atoms with van der Waals surface area (Å²) >= 11 is 6.76. The third-order valence-corrected chi connectivity index (χ3v) is 3.12. The van der Waals surface area contributed by atoms with Gasteiger partial charge < -0.3 is 4.74 Å². The minimum absolute atomic E-state index is 0.122. The molecule has 0 aliphatic heterocycles. The van der Waals surface area contributed by atoms with Crippen LogP contribution < -0.4 is 4.74 Å². The predicted molar refractivity (Wildman–Crippen MR) is 63.7 cm³/mol. The van der Waals surface area contributed by atoms with Crippen LogP contribution in [0.5, 0.6) is 10.9 Å². The fourth-order valence-electron chi connectivity index (χ4n) is 1.14. The number of nitrogens with zero attached hydrogens (tertiary/aromatic N) is 2. The van der Waals surface area contributed by atoms with E-state index in [9.17, 15) is 4.79 Å². The van der Waals surface area contributed by atoms with E-state index in [2.05, 4.69) is 4.98 Å². The van der Waals surface area contributed by atoms with Crippen molar-refractivity contribution in [1.82, 2.24) is 4.98 Å². The lowest BCUT2D eigenvalue weighted by Crippen LogP contribution is -1.83. The molecule has 0 saturated heterocycles. The maximum Gasteiger partial charge on any atom is 0.280 e. The van der Waals surface area contributed by atoms with Gasteiger partial charge in [-0.2, -0.15) is 10.2 Å². The Morgan fingerprint density at radius 1 is 1.53 bits per heavy atom. The van der Waals surface area contributed by atoms with E-state index in [0.717, 1.165) is 11.3 Å². The summed E-state index contributed by atoms with van der Waals surface area (Å²) in [6.45, 7) is 0. The smallest absolute Gasteiger partial charge is 0.280 e. The Hall–Kier alpha value is -1.90. The molecule has 2 aromatic rings. The van der Waals surface area contributed by atoms with Crippen molar-refractivity contribution in [2.24, 2.45) is 0 Å². The number of benzene rings is 1. The number of nitriles is 1. The van der Waals surface area contributed by atoms with Crippen molar-refractivity contribution >= 4 is 29.2 Å². The molecule has 0 fully saturated rings. The number of aromatic nitrogens is 1. The Labute approximate surface area is 106 Å². The largest absolute Gasteiger partial charge is 0.431 e. The lowest BCUT2D eigenvalue weighted by atomic mass is 10.2. The standard InChI is InChI=1S/C11H5ClN2O2S/c12-10-9(6-15)17-11(14-10)16-8-3-1-2-7(4-8)5-13/h1-4,6H. The molecule has 6 heteroatoms. The van der Waals surface area contributed by atoms with Crippen molar-refractivity contribution in [2.75, 3.05) is 0 Å². The van der Waals surface area contributed by atoms with Gasteiger partial charge >= 0.3 is 0 Å². The van der Waals surface area contributed by atoms with E-state index in [0.29, 0.717) is 22.5 Å². The number of hydrogen-bond donors (Lipinski definition) is 0. The average molecular weight is 265 g/mol. The van der Waals surface area contributed by atoms with Crippen molar-refractivity contribution in [3.05, 3.63) is 39.9 Å². The van der Waals surface area contributed by atoms with Crippen LogP contribution in [0.15, 0.2) is 24.3 Å². The lowest BCUT2D eigenvalue weighted by Gasteiger charge is -2.00. The van der Waals surface area contributed by atoms with E-state index in [1.807, 2.05) is 6.07 Å². The molecule has 1 heterocycles. The van der Waals surface area contributed by atoms with E-state index in [1.165, 1.54) is 0 Å². The Balaban J connectivity index is 2.25. The summed E-state index contributed by atoms with van der Waals surface area (Å²) < 4.78 is 5.40. The molecule has 84 valence electrons. The monoisotopic (exact) mass is 264 g/mol. The minimum Gasteiger partial charge on any atom is -0.431 e. The van der Waals surface area contributed by atoms with Crippen molar-refractivity contribution in [2.45, 2.75) is 0 Å². The highest BCUT2D eigenvalue weighted by atomic mass is 35.5. The maximum absolute atomic E-state index is 10.6. The Morgan fingerprint density at radius 2 is 2.35 bits per heavy atom. The van der Waals surface area contributed by atoms with Crippen LogP contribution in [0, 0.1) is 11.3 Å². The molecule has 2 rings (SSSR count). The molecule has 0 N–H and O–H groups in total. The molecular weight excluding hydrogens is 260 g/mol. The van der Waals surface area contributed by atoms with Gasteiger partial charge in [-0.1, -0.05) is 29.0 Å². The predicted octanol–water partition coefficient (Wildman–Crippen LogP) is 3.27. The van der Waals surface area contributed by atoms with Gasteiger partial charge in [-0.05, 0) is 18.2 Å². The lowest BCUT2D eigenvalue weighted by molar-refractivity contribution is 0.112. The molecule has 17 heavy (non-hydrogen) atoms. The Morgan fingerprint density at radius 3 is 3.00 bits per heavy atom. The number of hydrogen-bond acceptors (Lipinski definition) is 5. The summed E-state index contributed by atoms with van der Waals surface area (Å²) in [4.78, 5) is 14.8. The Bertz CT molecular complexity index is 604. The molecular formula is C11H5ClN2O2S. The summed E-state index contributed by atoms with van der Waals surface area (Å²) in [6, 6.07) is 8.64. The summed E-state index contributed by atoms with van der Waals surface area (Å²) in [5.41, 5.74) is 0.487. The zero-order valence-electron chi connectivity index (χ0n) is 8.38. The minimum atomic E-state index is 0.122. The zero-order valence-corrected chi connectivity index (χ0v) is 9.96. The molecule has 0 aliphatic carbocycles. The van der Waals surface area contributed by atoms with Gasteiger partial charge in [-0.25, -0.2) is 0 Å². The van der Waals surface area contributed by atoms with Crippen molar-refractivity contribution in [3.8, 4) is 17.0 Å². The SMILES string of the molecule is N#Cc1cccc(Oc2nc(Cl)c(C=O)s2)c1. The normalized spacial score (nSPS) is 9.65. The molecule has 0 saturated carbocycles. The average Bonchev–Trinajstić information content (AvgIpc) is 2.69. The first-order chi connectivity index (χ1) is 8.22. The highest BCUT2D eigenvalue weighted by molar-refractivity contribution is 7.15. The summed E-state index contributed by atoms with van der Waals surface area (Å²) in [5.74, 6) is 0.479. The number of ether oxygens (including phenoxy) is 1.